The minimum Gasteiger partial charge on any atom is -0.457 e. The molecule has 0 fully saturated rings. The smallest absolute Gasteiger partial charge is 0.135 e. The molecule has 3 aromatic carbocycles. The average Bonchev–Trinajstić information content (AvgIpc) is 2.51. The quantitative estimate of drug-likeness (QED) is 0.679. The summed E-state index contributed by atoms with van der Waals surface area (Å²) in [4.78, 5) is 0. The number of benzene rings is 3. The van der Waals surface area contributed by atoms with Crippen molar-refractivity contribution in [3.05, 3.63) is 64.6 Å². The van der Waals surface area contributed by atoms with Crippen LogP contribution in [0.25, 0.3) is 10.8 Å². The summed E-state index contributed by atoms with van der Waals surface area (Å²) in [5, 5.41) is 10.9. The molecule has 0 unspecified atom stereocenters. The predicted molar refractivity (Wildman–Crippen MR) is 87.3 cm³/mol. The lowest BCUT2D eigenvalue weighted by molar-refractivity contribution is 0.488. The maximum Gasteiger partial charge on any atom is 0.135 e. The fourth-order valence-electron chi connectivity index (χ4n) is 2.16. The van der Waals surface area contributed by atoms with Crippen LogP contribution in [-0.2, 0) is 0 Å². The van der Waals surface area contributed by atoms with Crippen molar-refractivity contribution < 1.29 is 4.74 Å². The van der Waals surface area contributed by atoms with Crippen molar-refractivity contribution in [3.63, 3.8) is 0 Å². The van der Waals surface area contributed by atoms with Gasteiger partial charge in [0.15, 0.2) is 0 Å². The van der Waals surface area contributed by atoms with Crippen LogP contribution in [0, 0.1) is 11.3 Å². The van der Waals surface area contributed by atoms with Crippen LogP contribution in [0.1, 0.15) is 5.56 Å². The SMILES string of the molecule is N#Cc1ccc(Oc2ccc(N)c3ccccc23)cc1Br. The number of nitrogen functional groups attached to an aromatic ring is 1. The molecule has 0 spiro atoms. The van der Waals surface area contributed by atoms with Gasteiger partial charge in [0.1, 0.15) is 17.6 Å². The van der Waals surface area contributed by atoms with E-state index in [1.165, 1.54) is 0 Å². The fraction of sp³-hybridized carbons (Fsp3) is 0. The first kappa shape index (κ1) is 13.5. The Balaban J connectivity index is 2.05. The molecule has 0 aromatic heterocycles. The Hall–Kier alpha value is -2.51. The van der Waals surface area contributed by atoms with Crippen LogP contribution in [0.5, 0.6) is 11.5 Å². The monoisotopic (exact) mass is 338 g/mol. The second-order valence-electron chi connectivity index (χ2n) is 4.55. The standard InChI is InChI=1S/C17H11BrN2O/c18-15-9-12(6-5-11(15)10-19)21-17-8-7-16(20)13-3-1-2-4-14(13)17/h1-9H,20H2. The first-order valence-corrected chi connectivity index (χ1v) is 7.13. The number of nitriles is 1. The Labute approximate surface area is 130 Å². The molecular weight excluding hydrogens is 328 g/mol. The number of hydrogen-bond acceptors (Lipinski definition) is 3. The van der Waals surface area contributed by atoms with E-state index >= 15 is 0 Å². The zero-order valence-corrected chi connectivity index (χ0v) is 12.6. The summed E-state index contributed by atoms with van der Waals surface area (Å²) in [6.07, 6.45) is 0. The molecule has 0 saturated carbocycles. The van der Waals surface area contributed by atoms with E-state index in [9.17, 15) is 0 Å². The molecule has 3 aromatic rings. The number of halogens is 1. The number of hydrogen-bond donors (Lipinski definition) is 1. The first-order valence-electron chi connectivity index (χ1n) is 6.34. The molecule has 21 heavy (non-hydrogen) atoms. The lowest BCUT2D eigenvalue weighted by Gasteiger charge is -2.11. The summed E-state index contributed by atoms with van der Waals surface area (Å²) in [7, 11) is 0. The number of anilines is 1. The summed E-state index contributed by atoms with van der Waals surface area (Å²) >= 11 is 3.36. The van der Waals surface area contributed by atoms with Gasteiger partial charge in [-0.25, -0.2) is 0 Å². The molecule has 0 saturated heterocycles. The highest BCUT2D eigenvalue weighted by Gasteiger charge is 2.07. The molecule has 0 aliphatic heterocycles. The molecular formula is C17H11BrN2O. The second kappa shape index (κ2) is 5.47. The van der Waals surface area contributed by atoms with Gasteiger partial charge < -0.3 is 10.5 Å². The molecule has 3 nitrogen and oxygen atoms in total. The third kappa shape index (κ3) is 2.56. The molecule has 0 amide bonds. The van der Waals surface area contributed by atoms with Crippen LogP contribution in [0.3, 0.4) is 0 Å². The van der Waals surface area contributed by atoms with Crippen molar-refractivity contribution in [3.8, 4) is 17.6 Å². The van der Waals surface area contributed by atoms with Crippen molar-refractivity contribution >= 4 is 32.4 Å². The fourth-order valence-corrected chi connectivity index (χ4v) is 2.61. The van der Waals surface area contributed by atoms with Crippen LogP contribution in [0.2, 0.25) is 0 Å². The van der Waals surface area contributed by atoms with E-state index in [0.717, 1.165) is 22.2 Å². The Kier molecular flexibility index (Phi) is 3.51. The molecule has 102 valence electrons. The van der Waals surface area contributed by atoms with Crippen LogP contribution >= 0.6 is 15.9 Å². The normalized spacial score (nSPS) is 10.3. The van der Waals surface area contributed by atoms with Crippen LogP contribution in [0.15, 0.2) is 59.1 Å². The van der Waals surface area contributed by atoms with Gasteiger partial charge in [0.25, 0.3) is 0 Å². The molecule has 4 heteroatoms. The van der Waals surface area contributed by atoms with Gasteiger partial charge in [-0.15, -0.1) is 0 Å². The molecule has 3 rings (SSSR count). The highest BCUT2D eigenvalue weighted by atomic mass is 79.9. The van der Waals surface area contributed by atoms with E-state index in [0.29, 0.717) is 15.8 Å². The van der Waals surface area contributed by atoms with Gasteiger partial charge in [-0.1, -0.05) is 24.3 Å². The lowest BCUT2D eigenvalue weighted by Crippen LogP contribution is -1.91. The van der Waals surface area contributed by atoms with E-state index in [2.05, 4.69) is 22.0 Å². The molecule has 0 bridgehead atoms. The summed E-state index contributed by atoms with van der Waals surface area (Å²) in [6, 6.07) is 18.9. The molecule has 0 atom stereocenters. The van der Waals surface area contributed by atoms with Gasteiger partial charge in [-0.05, 0) is 46.3 Å². The lowest BCUT2D eigenvalue weighted by atomic mass is 10.1. The Morgan fingerprint density at radius 3 is 2.48 bits per heavy atom. The Bertz CT molecular complexity index is 868. The molecule has 0 aliphatic carbocycles. The third-order valence-electron chi connectivity index (χ3n) is 3.21. The first-order chi connectivity index (χ1) is 10.2. The highest BCUT2D eigenvalue weighted by molar-refractivity contribution is 9.10. The molecule has 0 heterocycles. The summed E-state index contributed by atoms with van der Waals surface area (Å²) in [6.45, 7) is 0. The second-order valence-corrected chi connectivity index (χ2v) is 5.41. The van der Waals surface area contributed by atoms with Gasteiger partial charge in [0.05, 0.1) is 5.56 Å². The van der Waals surface area contributed by atoms with E-state index in [4.69, 9.17) is 15.7 Å². The van der Waals surface area contributed by atoms with E-state index in [1.807, 2.05) is 36.4 Å². The van der Waals surface area contributed by atoms with E-state index in [-0.39, 0.29) is 0 Å². The van der Waals surface area contributed by atoms with Gasteiger partial charge in [-0.3, -0.25) is 0 Å². The van der Waals surface area contributed by atoms with Crippen LogP contribution in [0.4, 0.5) is 5.69 Å². The predicted octanol–water partition coefficient (Wildman–Crippen LogP) is 4.85. The van der Waals surface area contributed by atoms with E-state index < -0.39 is 0 Å². The Morgan fingerprint density at radius 1 is 1.00 bits per heavy atom. The van der Waals surface area contributed by atoms with E-state index in [1.54, 1.807) is 18.2 Å². The highest BCUT2D eigenvalue weighted by Crippen LogP contribution is 2.34. The summed E-state index contributed by atoms with van der Waals surface area (Å²) in [5.41, 5.74) is 7.28. The maximum absolute atomic E-state index is 8.94. The largest absolute Gasteiger partial charge is 0.457 e. The number of ether oxygens (including phenoxy) is 1. The average molecular weight is 339 g/mol. The van der Waals surface area contributed by atoms with Gasteiger partial charge in [0, 0.05) is 20.9 Å². The maximum atomic E-state index is 8.94. The number of rotatable bonds is 2. The minimum absolute atomic E-state index is 0.574. The number of fused-ring (bicyclic) bond motifs is 1. The van der Waals surface area contributed by atoms with Crippen molar-refractivity contribution in [1.82, 2.24) is 0 Å². The van der Waals surface area contributed by atoms with Gasteiger partial charge in [0.2, 0.25) is 0 Å². The van der Waals surface area contributed by atoms with Crippen molar-refractivity contribution in [1.29, 1.82) is 5.26 Å². The third-order valence-corrected chi connectivity index (χ3v) is 3.86. The van der Waals surface area contributed by atoms with Crippen LogP contribution in [-0.4, -0.2) is 0 Å². The number of nitrogens with two attached hydrogens (primary N) is 1. The van der Waals surface area contributed by atoms with Gasteiger partial charge >= 0.3 is 0 Å². The van der Waals surface area contributed by atoms with Crippen molar-refractivity contribution in [2.45, 2.75) is 0 Å². The van der Waals surface area contributed by atoms with Crippen molar-refractivity contribution in [2.24, 2.45) is 0 Å². The van der Waals surface area contributed by atoms with Crippen LogP contribution < -0.4 is 10.5 Å². The minimum atomic E-state index is 0.574. The summed E-state index contributed by atoms with van der Waals surface area (Å²) in [5.74, 6) is 1.40. The molecule has 0 aliphatic rings. The van der Waals surface area contributed by atoms with Crippen molar-refractivity contribution in [2.75, 3.05) is 5.73 Å². The molecule has 2 N–H and O–H groups in total. The topological polar surface area (TPSA) is 59.0 Å². The van der Waals surface area contributed by atoms with Gasteiger partial charge in [-0.2, -0.15) is 5.26 Å². The zero-order valence-electron chi connectivity index (χ0n) is 11.0. The molecule has 0 radical (unpaired) electrons. The number of nitrogens with zero attached hydrogens (tertiary/aromatic N) is 1. The zero-order chi connectivity index (χ0) is 14.8. The Morgan fingerprint density at radius 2 is 1.76 bits per heavy atom. The summed E-state index contributed by atoms with van der Waals surface area (Å²) < 4.78 is 6.64.